The van der Waals surface area contributed by atoms with E-state index in [1.54, 1.807) is 30.6 Å². The maximum atomic E-state index is 11.7. The van der Waals surface area contributed by atoms with E-state index in [2.05, 4.69) is 63.6 Å². The first-order chi connectivity index (χ1) is 18.7. The highest BCUT2D eigenvalue weighted by Crippen LogP contribution is 2.36. The summed E-state index contributed by atoms with van der Waals surface area (Å²) in [5, 5.41) is 9.58. The number of aryl methyl sites for hydroxylation is 2. The van der Waals surface area contributed by atoms with Gasteiger partial charge in [0, 0.05) is 5.52 Å². The van der Waals surface area contributed by atoms with Crippen LogP contribution in [0.1, 0.15) is 91.7 Å². The van der Waals surface area contributed by atoms with E-state index < -0.39 is 5.97 Å². The Morgan fingerprint density at radius 2 is 1.38 bits per heavy atom. The first-order valence-electron chi connectivity index (χ1n) is 13.4. The first-order valence-corrected chi connectivity index (χ1v) is 13.4. The van der Waals surface area contributed by atoms with E-state index in [0.717, 1.165) is 69.8 Å². The number of rotatable bonds is 4. The molecule has 0 saturated heterocycles. The second-order valence-electron chi connectivity index (χ2n) is 9.90. The summed E-state index contributed by atoms with van der Waals surface area (Å²) >= 11 is 0. The molecule has 6 bridgehead atoms. The van der Waals surface area contributed by atoms with Gasteiger partial charge in [-0.05, 0) is 104 Å². The smallest absolute Gasteiger partial charge is 0.335 e. The zero-order chi connectivity index (χ0) is 27.8. The summed E-state index contributed by atoms with van der Waals surface area (Å²) < 4.78 is 0. The molecule has 0 fully saturated rings. The molecule has 198 valence electrons. The largest absolute Gasteiger partial charge is 0.478 e. The van der Waals surface area contributed by atoms with Gasteiger partial charge in [0.1, 0.15) is 0 Å². The summed E-state index contributed by atoms with van der Waals surface area (Å²) in [6, 6.07) is 9.03. The second kappa shape index (κ2) is 10.4. The Morgan fingerprint density at radius 3 is 2.03 bits per heavy atom. The molecule has 0 amide bonds. The van der Waals surface area contributed by atoms with Crippen molar-refractivity contribution in [2.75, 3.05) is 0 Å². The maximum Gasteiger partial charge on any atom is 0.335 e. The minimum atomic E-state index is -1.01. The lowest BCUT2D eigenvalue weighted by molar-refractivity contribution is 0.0697. The molecule has 7 nitrogen and oxygen atoms in total. The number of hydrogen-bond acceptors (Lipinski definition) is 5. The summed E-state index contributed by atoms with van der Waals surface area (Å²) in [6.07, 6.45) is 6.07. The van der Waals surface area contributed by atoms with Crippen LogP contribution in [0, 0.1) is 6.92 Å². The lowest BCUT2D eigenvalue weighted by Crippen LogP contribution is -1.95. The molecule has 4 heterocycles. The third kappa shape index (κ3) is 4.69. The van der Waals surface area contributed by atoms with Gasteiger partial charge in [-0.1, -0.05) is 20.8 Å². The molecule has 2 aliphatic rings. The number of aromatic nitrogens is 5. The third-order valence-corrected chi connectivity index (χ3v) is 7.72. The van der Waals surface area contributed by atoms with Crippen LogP contribution < -0.4 is 0 Å². The van der Waals surface area contributed by atoms with Crippen LogP contribution in [0.2, 0.25) is 0 Å². The Bertz CT molecular complexity index is 1780. The third-order valence-electron chi connectivity index (χ3n) is 7.72. The highest BCUT2D eigenvalue weighted by molar-refractivity contribution is 5.95. The predicted octanol–water partition coefficient (Wildman–Crippen LogP) is 7.59. The van der Waals surface area contributed by atoms with Crippen molar-refractivity contribution in [3.63, 3.8) is 0 Å². The van der Waals surface area contributed by atoms with Gasteiger partial charge in [0.05, 0.1) is 57.3 Å². The van der Waals surface area contributed by atoms with Crippen LogP contribution in [0.5, 0.6) is 0 Å². The van der Waals surface area contributed by atoms with Crippen molar-refractivity contribution >= 4 is 50.3 Å². The van der Waals surface area contributed by atoms with Crippen LogP contribution in [-0.2, 0) is 6.42 Å². The molecule has 0 spiro atoms. The van der Waals surface area contributed by atoms with Gasteiger partial charge in [0.25, 0.3) is 0 Å². The monoisotopic (exact) mass is 519 g/mol. The minimum Gasteiger partial charge on any atom is -0.478 e. The summed E-state index contributed by atoms with van der Waals surface area (Å²) in [5.74, 6) is -1.01. The number of fused-ring (bicyclic) bond motifs is 7. The number of aromatic amines is 1. The van der Waals surface area contributed by atoms with Gasteiger partial charge in [0.2, 0.25) is 0 Å². The number of H-pyrrole nitrogens is 1. The fourth-order valence-electron chi connectivity index (χ4n) is 5.44. The molecule has 5 rings (SSSR count). The van der Waals surface area contributed by atoms with Crippen LogP contribution in [0.25, 0.3) is 44.4 Å². The Hall–Kier alpha value is -4.39. The summed E-state index contributed by atoms with van der Waals surface area (Å²) in [4.78, 5) is 34.7. The molecule has 0 unspecified atom stereocenters. The van der Waals surface area contributed by atoms with Gasteiger partial charge in [-0.3, -0.25) is 9.97 Å². The molecule has 2 N–H and O–H groups in total. The van der Waals surface area contributed by atoms with Gasteiger partial charge in [-0.25, -0.2) is 14.8 Å². The topological polar surface area (TPSA) is 105 Å². The average molecular weight is 520 g/mol. The van der Waals surface area contributed by atoms with Crippen molar-refractivity contribution in [2.45, 2.75) is 60.8 Å². The maximum absolute atomic E-state index is 11.7. The van der Waals surface area contributed by atoms with Gasteiger partial charge >= 0.3 is 5.97 Å². The zero-order valence-electron chi connectivity index (χ0n) is 23.3. The number of nitrogens with zero attached hydrogens (tertiary/aromatic N) is 4. The van der Waals surface area contributed by atoms with Crippen LogP contribution in [0.15, 0.2) is 42.7 Å². The zero-order valence-corrected chi connectivity index (χ0v) is 23.3. The Labute approximate surface area is 228 Å². The molecule has 39 heavy (non-hydrogen) atoms. The number of allylic oxidation sites excluding steroid dienone is 4. The summed E-state index contributed by atoms with van der Waals surface area (Å²) in [7, 11) is 0. The lowest BCUT2D eigenvalue weighted by atomic mass is 10.0. The second-order valence-corrected chi connectivity index (χ2v) is 9.90. The fourth-order valence-corrected chi connectivity index (χ4v) is 5.44. The molecule has 2 aromatic heterocycles. The molecule has 3 aromatic rings. The fraction of sp³-hybridized carbons (Fsp3) is 0.281. The number of aromatic carboxylic acids is 1. The van der Waals surface area contributed by atoms with Crippen molar-refractivity contribution in [3.8, 4) is 0 Å². The van der Waals surface area contributed by atoms with Gasteiger partial charge < -0.3 is 10.1 Å². The number of benzene rings is 1. The molecule has 0 atom stereocenters. The van der Waals surface area contributed by atoms with E-state index in [9.17, 15) is 9.90 Å². The Balaban J connectivity index is 1.95. The van der Waals surface area contributed by atoms with E-state index >= 15 is 0 Å². The standard InChI is InChI=1S/C32H33N5O2/c1-7-21-17(4)25-13-26-22(8-2)18(5)30(36-26)15-33-24-11-10-20(32(38)39)12-29(24)34-16-31-19(6)23(9-3)28(37-31)14-27(21)35-25/h10-16,36H,7-9H2,1-6H3,(H,38,39). The van der Waals surface area contributed by atoms with E-state index in [0.29, 0.717) is 11.0 Å². The van der Waals surface area contributed by atoms with Crippen LogP contribution >= 0.6 is 0 Å². The number of carboxylic acids is 1. The Kier molecular flexibility index (Phi) is 7.00. The van der Waals surface area contributed by atoms with Crippen LogP contribution in [0.3, 0.4) is 0 Å². The van der Waals surface area contributed by atoms with Crippen molar-refractivity contribution in [2.24, 2.45) is 0 Å². The molecule has 0 radical (unpaired) electrons. The Morgan fingerprint density at radius 1 is 0.744 bits per heavy atom. The normalized spacial score (nSPS) is 13.2. The summed E-state index contributed by atoms with van der Waals surface area (Å²) in [6.45, 7) is 12.7. The van der Waals surface area contributed by atoms with Crippen LogP contribution in [-0.4, -0.2) is 36.0 Å². The highest BCUT2D eigenvalue weighted by atomic mass is 16.4. The molecule has 0 aliphatic carbocycles. The molecule has 7 heteroatoms. The van der Waals surface area contributed by atoms with E-state index in [1.165, 1.54) is 16.7 Å². The molecule has 0 saturated carbocycles. The SMILES string of the molecule is CCC1=C(C)c2cnc3cc(C(=O)O)ccc3ncc3[nH]c(cc4nc(cc1n2)C(CC)=C4C)c(CC)c3C. The summed E-state index contributed by atoms with van der Waals surface area (Å²) in [5.41, 5.74) is 13.6. The molecular weight excluding hydrogens is 486 g/mol. The lowest BCUT2D eigenvalue weighted by Gasteiger charge is -2.02. The van der Waals surface area contributed by atoms with E-state index in [-0.39, 0.29) is 5.56 Å². The molecule has 2 aliphatic heterocycles. The predicted molar refractivity (Wildman–Crippen MR) is 158 cm³/mol. The number of carboxylic acid groups (broad SMARTS) is 1. The van der Waals surface area contributed by atoms with E-state index in [1.807, 2.05) is 0 Å². The number of nitrogens with one attached hydrogen (secondary N) is 1. The van der Waals surface area contributed by atoms with Gasteiger partial charge in [0.15, 0.2) is 0 Å². The minimum absolute atomic E-state index is 0.156. The van der Waals surface area contributed by atoms with Crippen LogP contribution in [0.4, 0.5) is 0 Å². The van der Waals surface area contributed by atoms with Crippen molar-refractivity contribution < 1.29 is 9.90 Å². The number of carbonyl (C=O) groups is 1. The van der Waals surface area contributed by atoms with Crippen molar-refractivity contribution in [1.29, 1.82) is 0 Å². The van der Waals surface area contributed by atoms with Crippen molar-refractivity contribution in [3.05, 3.63) is 82.2 Å². The van der Waals surface area contributed by atoms with Crippen molar-refractivity contribution in [1.82, 2.24) is 24.9 Å². The number of hydrogen-bond donors (Lipinski definition) is 2. The first kappa shape index (κ1) is 26.2. The van der Waals surface area contributed by atoms with E-state index in [4.69, 9.17) is 15.0 Å². The van der Waals surface area contributed by atoms with Gasteiger partial charge in [-0.2, -0.15) is 0 Å². The molecule has 1 aromatic carbocycles. The van der Waals surface area contributed by atoms with Gasteiger partial charge in [-0.15, -0.1) is 0 Å². The highest BCUT2D eigenvalue weighted by Gasteiger charge is 2.20. The molecular formula is C32H33N5O2. The average Bonchev–Trinajstić information content (AvgIpc) is 3.50. The quantitative estimate of drug-likeness (QED) is 0.368.